The molecule has 3 N–H and O–H groups in total. The highest BCUT2D eigenvalue weighted by atomic mass is 35.5. The lowest BCUT2D eigenvalue weighted by molar-refractivity contribution is -0.118. The Morgan fingerprint density at radius 1 is 1.18 bits per heavy atom. The van der Waals surface area contributed by atoms with Gasteiger partial charge in [0.2, 0.25) is 0 Å². The predicted molar refractivity (Wildman–Crippen MR) is 110 cm³/mol. The number of amides is 3. The Bertz CT molecular complexity index is 945. The zero-order chi connectivity index (χ0) is 19.7. The average molecular weight is 397 g/mol. The first kappa shape index (κ1) is 18.5. The van der Waals surface area contributed by atoms with Gasteiger partial charge < -0.3 is 16.0 Å². The van der Waals surface area contributed by atoms with Crippen LogP contribution >= 0.6 is 11.6 Å². The summed E-state index contributed by atoms with van der Waals surface area (Å²) >= 11 is 6.23. The van der Waals surface area contributed by atoms with Gasteiger partial charge >= 0.3 is 6.03 Å². The van der Waals surface area contributed by atoms with Crippen molar-refractivity contribution in [2.75, 3.05) is 11.9 Å². The van der Waals surface area contributed by atoms with E-state index < -0.39 is 12.1 Å². The first-order valence-corrected chi connectivity index (χ1v) is 9.72. The molecular weight excluding hydrogens is 376 g/mol. The zero-order valence-electron chi connectivity index (χ0n) is 15.3. The van der Waals surface area contributed by atoms with Crippen LogP contribution < -0.4 is 11.1 Å². The van der Waals surface area contributed by atoms with Gasteiger partial charge in [0.25, 0.3) is 5.91 Å². The van der Waals surface area contributed by atoms with Crippen LogP contribution in [0.2, 0.25) is 5.02 Å². The lowest BCUT2D eigenvalue weighted by Crippen LogP contribution is -2.54. The Labute approximate surface area is 168 Å². The first-order valence-electron chi connectivity index (χ1n) is 9.34. The molecule has 2 aliphatic heterocycles. The van der Waals surface area contributed by atoms with Crippen molar-refractivity contribution in [2.24, 2.45) is 10.7 Å². The third-order valence-electron chi connectivity index (χ3n) is 5.28. The Balaban J connectivity index is 1.85. The lowest BCUT2D eigenvalue weighted by atomic mass is 9.95. The van der Waals surface area contributed by atoms with E-state index in [1.807, 2.05) is 30.3 Å². The predicted octanol–water partition coefficient (Wildman–Crippen LogP) is 3.43. The molecular formula is C21H21ClN4O2. The third-order valence-corrected chi connectivity index (χ3v) is 5.51. The summed E-state index contributed by atoms with van der Waals surface area (Å²) in [6.07, 6.45) is 2.48. The average Bonchev–Trinajstić information content (AvgIpc) is 2.84. The van der Waals surface area contributed by atoms with Gasteiger partial charge in [0, 0.05) is 22.7 Å². The van der Waals surface area contributed by atoms with Crippen molar-refractivity contribution in [3.8, 4) is 0 Å². The van der Waals surface area contributed by atoms with Crippen molar-refractivity contribution in [2.45, 2.75) is 31.3 Å². The van der Waals surface area contributed by atoms with E-state index in [-0.39, 0.29) is 11.9 Å². The summed E-state index contributed by atoms with van der Waals surface area (Å²) in [7, 11) is 0. The number of carbonyl (C=O) groups is 2. The maximum Gasteiger partial charge on any atom is 0.315 e. The molecule has 2 atom stereocenters. The minimum absolute atomic E-state index is 0.243. The Morgan fingerprint density at radius 3 is 2.71 bits per heavy atom. The fourth-order valence-corrected chi connectivity index (χ4v) is 4.11. The summed E-state index contributed by atoms with van der Waals surface area (Å²) in [6.45, 7) is 0.540. The molecule has 144 valence electrons. The smallest absolute Gasteiger partial charge is 0.315 e. The Hall–Kier alpha value is -2.86. The molecule has 28 heavy (non-hydrogen) atoms. The number of benzene rings is 2. The third kappa shape index (κ3) is 3.47. The van der Waals surface area contributed by atoms with Crippen LogP contribution in [0.3, 0.4) is 0 Å². The minimum Gasteiger partial charge on any atom is -0.351 e. The molecule has 2 aromatic rings. The van der Waals surface area contributed by atoms with E-state index in [4.69, 9.17) is 22.3 Å². The number of primary amides is 1. The number of rotatable bonds is 2. The number of aliphatic imine (C=N–C) groups is 1. The first-order chi connectivity index (χ1) is 13.5. The number of anilines is 1. The van der Waals surface area contributed by atoms with Gasteiger partial charge in [-0.2, -0.15) is 0 Å². The molecule has 2 aromatic carbocycles. The molecule has 0 saturated carbocycles. The van der Waals surface area contributed by atoms with Crippen LogP contribution in [0, 0.1) is 0 Å². The van der Waals surface area contributed by atoms with E-state index in [0.29, 0.717) is 29.4 Å². The van der Waals surface area contributed by atoms with E-state index in [1.165, 1.54) is 0 Å². The summed E-state index contributed by atoms with van der Waals surface area (Å²) in [5, 5.41) is 3.53. The number of benzodiazepines with no additional fused rings is 1. The van der Waals surface area contributed by atoms with Crippen LogP contribution in [0.5, 0.6) is 0 Å². The molecule has 0 bridgehead atoms. The monoisotopic (exact) mass is 396 g/mol. The van der Waals surface area contributed by atoms with Crippen LogP contribution in [0.25, 0.3) is 0 Å². The molecule has 3 amide bonds. The number of piperidine rings is 1. The molecule has 6 nitrogen and oxygen atoms in total. The molecule has 0 aromatic heterocycles. The molecule has 2 heterocycles. The maximum atomic E-state index is 13.1. The Morgan fingerprint density at radius 2 is 1.96 bits per heavy atom. The number of fused-ring (bicyclic) bond motifs is 1. The summed E-state index contributed by atoms with van der Waals surface area (Å²) in [6, 6.07) is 13.4. The molecule has 0 radical (unpaired) electrons. The van der Waals surface area contributed by atoms with Gasteiger partial charge in [-0.1, -0.05) is 41.9 Å². The van der Waals surface area contributed by atoms with Crippen molar-refractivity contribution in [1.82, 2.24) is 4.90 Å². The minimum atomic E-state index is -0.741. The molecule has 2 aliphatic rings. The topological polar surface area (TPSA) is 87.8 Å². The van der Waals surface area contributed by atoms with Gasteiger partial charge in [0.1, 0.15) is 6.04 Å². The molecule has 4 rings (SSSR count). The Kier molecular flexibility index (Phi) is 5.05. The number of likely N-dealkylation sites (tertiary alicyclic amines) is 1. The number of urea groups is 1. The molecule has 0 aliphatic carbocycles. The maximum absolute atomic E-state index is 13.1. The van der Waals surface area contributed by atoms with Gasteiger partial charge in [-0.15, -0.1) is 0 Å². The van der Waals surface area contributed by atoms with E-state index in [2.05, 4.69) is 5.32 Å². The van der Waals surface area contributed by atoms with E-state index in [1.54, 1.807) is 23.1 Å². The highest BCUT2D eigenvalue weighted by Crippen LogP contribution is 2.30. The second kappa shape index (κ2) is 7.64. The van der Waals surface area contributed by atoms with Gasteiger partial charge in [0.05, 0.1) is 17.4 Å². The van der Waals surface area contributed by atoms with E-state index >= 15 is 0 Å². The quantitative estimate of drug-likeness (QED) is 0.814. The van der Waals surface area contributed by atoms with Gasteiger partial charge in [-0.3, -0.25) is 9.79 Å². The van der Waals surface area contributed by atoms with Gasteiger partial charge in [-0.05, 0) is 37.5 Å². The number of nitrogens with two attached hydrogens (primary N) is 1. The number of halogens is 1. The fraction of sp³-hybridized carbons (Fsp3) is 0.286. The van der Waals surface area contributed by atoms with Crippen LogP contribution in [0.1, 0.15) is 30.4 Å². The lowest BCUT2D eigenvalue weighted by Gasteiger charge is -2.37. The molecule has 1 fully saturated rings. The standard InChI is InChI=1S/C21H21ClN4O2/c22-14-9-10-16-15(12-14)18(13-6-2-1-3-7-13)25-19(20(27)24-16)17-8-4-5-11-26(17)21(23)28/h1-3,6-7,9-10,12,17,19H,4-5,8,11H2,(H2,23,28)(H,24,27). The highest BCUT2D eigenvalue weighted by Gasteiger charge is 2.38. The summed E-state index contributed by atoms with van der Waals surface area (Å²) in [4.78, 5) is 31.5. The second-order valence-corrected chi connectivity index (χ2v) is 7.50. The van der Waals surface area contributed by atoms with Gasteiger partial charge in [0.15, 0.2) is 0 Å². The summed E-state index contributed by atoms with van der Waals surface area (Å²) in [5.74, 6) is -0.243. The van der Waals surface area contributed by atoms with Crippen LogP contribution in [0.4, 0.5) is 10.5 Å². The van der Waals surface area contributed by atoms with E-state index in [0.717, 1.165) is 24.0 Å². The fourth-order valence-electron chi connectivity index (χ4n) is 3.94. The number of carbonyl (C=O) groups excluding carboxylic acids is 2. The number of hydrogen-bond acceptors (Lipinski definition) is 3. The molecule has 0 spiro atoms. The SMILES string of the molecule is NC(=O)N1CCCCC1C1N=C(c2ccccc2)c2cc(Cl)ccc2NC1=O. The normalized spacial score (nSPS) is 22.0. The van der Waals surface area contributed by atoms with Gasteiger partial charge in [-0.25, -0.2) is 4.79 Å². The van der Waals surface area contributed by atoms with Crippen molar-refractivity contribution in [3.05, 3.63) is 64.7 Å². The van der Waals surface area contributed by atoms with Crippen LogP contribution in [-0.2, 0) is 4.79 Å². The van der Waals surface area contributed by atoms with Crippen molar-refractivity contribution >= 4 is 34.9 Å². The molecule has 2 unspecified atom stereocenters. The van der Waals surface area contributed by atoms with E-state index in [9.17, 15) is 9.59 Å². The second-order valence-electron chi connectivity index (χ2n) is 7.06. The number of hydrogen-bond donors (Lipinski definition) is 2. The largest absolute Gasteiger partial charge is 0.351 e. The summed E-state index contributed by atoms with van der Waals surface area (Å²) in [5.41, 5.74) is 8.56. The van der Waals surface area contributed by atoms with Crippen LogP contribution in [-0.4, -0.2) is 41.2 Å². The number of nitrogens with one attached hydrogen (secondary N) is 1. The highest BCUT2D eigenvalue weighted by molar-refractivity contribution is 6.32. The molecule has 7 heteroatoms. The zero-order valence-corrected chi connectivity index (χ0v) is 16.0. The van der Waals surface area contributed by atoms with Crippen molar-refractivity contribution in [1.29, 1.82) is 0 Å². The molecule has 1 saturated heterocycles. The van der Waals surface area contributed by atoms with Crippen molar-refractivity contribution < 1.29 is 9.59 Å². The number of nitrogens with zero attached hydrogens (tertiary/aromatic N) is 2. The van der Waals surface area contributed by atoms with Crippen LogP contribution in [0.15, 0.2) is 53.5 Å². The summed E-state index contributed by atoms with van der Waals surface area (Å²) < 4.78 is 0. The van der Waals surface area contributed by atoms with Crippen molar-refractivity contribution in [3.63, 3.8) is 0 Å².